The number of methoxy groups -OCH3 is 1. The predicted molar refractivity (Wildman–Crippen MR) is 127 cm³/mol. The monoisotopic (exact) mass is 443 g/mol. The van der Waals surface area contributed by atoms with E-state index in [1.54, 1.807) is 12.1 Å². The molecule has 0 atom stereocenters. The molecule has 0 unspecified atom stereocenters. The molecule has 0 aliphatic carbocycles. The van der Waals surface area contributed by atoms with Crippen molar-refractivity contribution in [3.63, 3.8) is 0 Å². The lowest BCUT2D eigenvalue weighted by Gasteiger charge is -2.13. The number of ether oxygens (including phenoxy) is 2. The fraction of sp³-hybridized carbons (Fsp3) is 0.185. The molecular formula is C27H25NO5. The van der Waals surface area contributed by atoms with Crippen molar-refractivity contribution >= 4 is 28.5 Å². The molecule has 0 saturated carbocycles. The van der Waals surface area contributed by atoms with Gasteiger partial charge in [-0.1, -0.05) is 48.5 Å². The number of esters is 1. The molecule has 1 aromatic heterocycles. The molecule has 0 spiro atoms. The van der Waals surface area contributed by atoms with Crippen LogP contribution in [0, 0.1) is 13.8 Å². The lowest BCUT2D eigenvalue weighted by molar-refractivity contribution is -0.144. The Balaban J connectivity index is 1.63. The van der Waals surface area contributed by atoms with Crippen LogP contribution < -0.4 is 10.1 Å². The van der Waals surface area contributed by atoms with Gasteiger partial charge in [0, 0.05) is 16.6 Å². The van der Waals surface area contributed by atoms with Gasteiger partial charge in [-0.05, 0) is 42.7 Å². The van der Waals surface area contributed by atoms with Crippen molar-refractivity contribution in [3.8, 4) is 5.75 Å². The maximum absolute atomic E-state index is 13.3. The summed E-state index contributed by atoms with van der Waals surface area (Å²) in [5, 5.41) is 3.54. The molecule has 0 bridgehead atoms. The quantitative estimate of drug-likeness (QED) is 0.377. The van der Waals surface area contributed by atoms with E-state index in [1.165, 1.54) is 13.4 Å². The number of carbonyl (C=O) groups is 2. The summed E-state index contributed by atoms with van der Waals surface area (Å²) in [6.45, 7) is 4.06. The maximum Gasteiger partial charge on any atom is 0.310 e. The summed E-state index contributed by atoms with van der Waals surface area (Å²) in [5.74, 6) is -0.219. The highest BCUT2D eigenvalue weighted by molar-refractivity contribution is 6.14. The molecule has 0 saturated heterocycles. The van der Waals surface area contributed by atoms with Crippen LogP contribution >= 0.6 is 0 Å². The number of para-hydroxylation sites is 1. The van der Waals surface area contributed by atoms with Crippen molar-refractivity contribution in [2.75, 3.05) is 12.4 Å². The van der Waals surface area contributed by atoms with Crippen LogP contribution in [0.2, 0.25) is 0 Å². The van der Waals surface area contributed by atoms with Crippen LogP contribution in [0.15, 0.2) is 71.3 Å². The van der Waals surface area contributed by atoms with Crippen molar-refractivity contribution in [3.05, 3.63) is 94.7 Å². The molecule has 168 valence electrons. The summed E-state index contributed by atoms with van der Waals surface area (Å²) in [5.41, 5.74) is 4.96. The van der Waals surface area contributed by atoms with E-state index < -0.39 is 5.97 Å². The first-order valence-electron chi connectivity index (χ1n) is 10.6. The second-order valence-electron chi connectivity index (χ2n) is 7.82. The van der Waals surface area contributed by atoms with Gasteiger partial charge in [0.05, 0.1) is 25.4 Å². The van der Waals surface area contributed by atoms with Crippen LogP contribution in [0.4, 0.5) is 5.69 Å². The second-order valence-corrected chi connectivity index (χ2v) is 7.82. The van der Waals surface area contributed by atoms with Crippen LogP contribution in [0.5, 0.6) is 5.75 Å². The first-order chi connectivity index (χ1) is 16.0. The molecule has 1 amide bonds. The minimum absolute atomic E-state index is 0.0311. The molecule has 0 fully saturated rings. The molecule has 0 aliphatic heterocycles. The van der Waals surface area contributed by atoms with E-state index in [9.17, 15) is 9.59 Å². The largest absolute Gasteiger partial charge is 0.493 e. The number of fused-ring (bicyclic) bond motifs is 1. The van der Waals surface area contributed by atoms with Crippen molar-refractivity contribution in [1.29, 1.82) is 0 Å². The molecule has 1 heterocycles. The fourth-order valence-electron chi connectivity index (χ4n) is 3.81. The van der Waals surface area contributed by atoms with E-state index in [-0.39, 0.29) is 18.9 Å². The third-order valence-electron chi connectivity index (χ3n) is 5.52. The zero-order valence-corrected chi connectivity index (χ0v) is 18.8. The summed E-state index contributed by atoms with van der Waals surface area (Å²) in [7, 11) is 1.53. The maximum atomic E-state index is 13.3. The molecular weight excluding hydrogens is 418 g/mol. The molecule has 4 aromatic rings. The van der Waals surface area contributed by atoms with Crippen molar-refractivity contribution in [1.82, 2.24) is 0 Å². The molecule has 33 heavy (non-hydrogen) atoms. The number of carbonyl (C=O) groups excluding carboxylic acids is 2. The van der Waals surface area contributed by atoms with Crippen molar-refractivity contribution in [2.45, 2.75) is 26.9 Å². The highest BCUT2D eigenvalue weighted by Crippen LogP contribution is 2.34. The number of hydrogen-bond donors (Lipinski definition) is 1. The van der Waals surface area contributed by atoms with Gasteiger partial charge in [-0.2, -0.15) is 0 Å². The molecule has 3 aromatic carbocycles. The van der Waals surface area contributed by atoms with Crippen molar-refractivity contribution < 1.29 is 23.5 Å². The van der Waals surface area contributed by atoms with Crippen LogP contribution in [-0.4, -0.2) is 19.0 Å². The Morgan fingerprint density at radius 1 is 0.939 bits per heavy atom. The standard InChI is InChI=1S/C27H25NO5/c1-17-8-7-9-18(2)25(17)28-27(30)21-12-13-22(31-3)26-24(21)20(16-33-26)14-23(29)32-15-19-10-5-4-6-11-19/h4-13,16H,14-15H2,1-3H3,(H,28,30). The first-order valence-corrected chi connectivity index (χ1v) is 10.6. The number of amides is 1. The van der Waals surface area contributed by atoms with Gasteiger partial charge in [0.15, 0.2) is 11.3 Å². The van der Waals surface area contributed by atoms with Gasteiger partial charge in [0.25, 0.3) is 5.91 Å². The van der Waals surface area contributed by atoms with E-state index in [1.807, 2.05) is 62.4 Å². The lowest BCUT2D eigenvalue weighted by Crippen LogP contribution is -2.15. The minimum atomic E-state index is -0.412. The lowest BCUT2D eigenvalue weighted by atomic mass is 10.0. The van der Waals surface area contributed by atoms with Crippen LogP contribution in [0.25, 0.3) is 11.0 Å². The van der Waals surface area contributed by atoms with E-state index in [4.69, 9.17) is 13.9 Å². The molecule has 0 aliphatic rings. The Hall–Kier alpha value is -4.06. The third kappa shape index (κ3) is 4.75. The summed E-state index contributed by atoms with van der Waals surface area (Å²) in [4.78, 5) is 25.8. The van der Waals surface area contributed by atoms with Crippen LogP contribution in [0.3, 0.4) is 0 Å². The fourth-order valence-corrected chi connectivity index (χ4v) is 3.81. The number of hydrogen-bond acceptors (Lipinski definition) is 5. The predicted octanol–water partition coefficient (Wildman–Crippen LogP) is 5.60. The van der Waals surface area contributed by atoms with Crippen LogP contribution in [0.1, 0.15) is 32.6 Å². The van der Waals surface area contributed by atoms with E-state index in [0.29, 0.717) is 27.8 Å². The van der Waals surface area contributed by atoms with Crippen molar-refractivity contribution in [2.24, 2.45) is 0 Å². The average molecular weight is 443 g/mol. The number of benzene rings is 3. The van der Waals surface area contributed by atoms with E-state index >= 15 is 0 Å². The normalized spacial score (nSPS) is 10.8. The number of anilines is 1. The van der Waals surface area contributed by atoms with Gasteiger partial charge in [-0.15, -0.1) is 0 Å². The molecule has 6 nitrogen and oxygen atoms in total. The molecule has 4 rings (SSSR count). The first kappa shape index (κ1) is 22.1. The second kappa shape index (κ2) is 9.61. The number of furan rings is 1. The van der Waals surface area contributed by atoms with Gasteiger partial charge in [0.2, 0.25) is 0 Å². The van der Waals surface area contributed by atoms with Gasteiger partial charge in [-0.25, -0.2) is 0 Å². The summed E-state index contributed by atoms with van der Waals surface area (Å²) < 4.78 is 16.5. The highest BCUT2D eigenvalue weighted by Gasteiger charge is 2.22. The van der Waals surface area contributed by atoms with E-state index in [2.05, 4.69) is 5.32 Å². The van der Waals surface area contributed by atoms with Crippen LogP contribution in [-0.2, 0) is 22.6 Å². The Morgan fingerprint density at radius 3 is 2.36 bits per heavy atom. The number of nitrogens with one attached hydrogen (secondary N) is 1. The highest BCUT2D eigenvalue weighted by atomic mass is 16.5. The van der Waals surface area contributed by atoms with Gasteiger partial charge in [0.1, 0.15) is 6.61 Å². The zero-order valence-electron chi connectivity index (χ0n) is 18.8. The van der Waals surface area contributed by atoms with Gasteiger partial charge >= 0.3 is 5.97 Å². The topological polar surface area (TPSA) is 77.8 Å². The summed E-state index contributed by atoms with van der Waals surface area (Å²) in [6, 6.07) is 18.7. The molecule has 0 radical (unpaired) electrons. The smallest absolute Gasteiger partial charge is 0.310 e. The Bertz CT molecular complexity index is 1290. The number of aryl methyl sites for hydroxylation is 2. The Kier molecular flexibility index (Phi) is 6.45. The summed E-state index contributed by atoms with van der Waals surface area (Å²) >= 11 is 0. The molecule has 6 heteroatoms. The molecule has 1 N–H and O–H groups in total. The summed E-state index contributed by atoms with van der Waals surface area (Å²) in [6.07, 6.45) is 1.45. The van der Waals surface area contributed by atoms with Gasteiger partial charge in [-0.3, -0.25) is 9.59 Å². The average Bonchev–Trinajstić information content (AvgIpc) is 3.24. The minimum Gasteiger partial charge on any atom is -0.493 e. The Morgan fingerprint density at radius 2 is 1.67 bits per heavy atom. The SMILES string of the molecule is COc1ccc(C(=O)Nc2c(C)cccc2C)c2c(CC(=O)OCc3ccccc3)coc12. The van der Waals surface area contributed by atoms with Gasteiger partial charge < -0.3 is 19.2 Å². The van der Waals surface area contributed by atoms with E-state index in [0.717, 1.165) is 22.4 Å². The third-order valence-corrected chi connectivity index (χ3v) is 5.52. The zero-order chi connectivity index (χ0) is 23.4. The number of rotatable bonds is 7. The Labute approximate surface area is 192 Å².